The van der Waals surface area contributed by atoms with Crippen molar-refractivity contribution in [1.29, 1.82) is 0 Å². The number of halogens is 1. The zero-order valence-corrected chi connectivity index (χ0v) is 18.6. The first-order valence-corrected chi connectivity index (χ1v) is 12.1. The van der Waals surface area contributed by atoms with Crippen LogP contribution in [0.5, 0.6) is 0 Å². The van der Waals surface area contributed by atoms with Crippen LogP contribution in [0.15, 0.2) is 84.1 Å². The first kappa shape index (κ1) is 21.6. The fraction of sp³-hybridized carbons (Fsp3) is 0.208. The van der Waals surface area contributed by atoms with E-state index < -0.39 is 10.0 Å². The van der Waals surface area contributed by atoms with E-state index >= 15 is 0 Å². The number of rotatable bonds is 9. The minimum Gasteiger partial charge on any atom is -0.347 e. The van der Waals surface area contributed by atoms with Gasteiger partial charge in [-0.1, -0.05) is 35.9 Å². The number of aromatic nitrogens is 2. The van der Waals surface area contributed by atoms with E-state index in [1.807, 2.05) is 24.4 Å². The highest BCUT2D eigenvalue weighted by atomic mass is 35.5. The van der Waals surface area contributed by atoms with Crippen LogP contribution in [-0.4, -0.2) is 24.5 Å². The standard InChI is InChI=1S/C24H24ClN3O2S/c25-21-9-11-22(12-10-21)31(29,30)27-15-13-20-18-28(24-8-2-1-7-23(20)24)16-4-6-19-5-3-14-26-17-19/h1-3,5,7-12,14,17-18,27H,4,6,13,15-16H2. The van der Waals surface area contributed by atoms with Gasteiger partial charge in [0, 0.05) is 47.6 Å². The summed E-state index contributed by atoms with van der Waals surface area (Å²) >= 11 is 5.85. The number of fused-ring (bicyclic) bond motifs is 1. The first-order valence-electron chi connectivity index (χ1n) is 10.2. The van der Waals surface area contributed by atoms with Gasteiger partial charge in [-0.25, -0.2) is 13.1 Å². The Morgan fingerprint density at radius 2 is 1.77 bits per heavy atom. The summed E-state index contributed by atoms with van der Waals surface area (Å²) < 4.78 is 30.0. The summed E-state index contributed by atoms with van der Waals surface area (Å²) in [4.78, 5) is 4.39. The lowest BCUT2D eigenvalue weighted by Gasteiger charge is -2.06. The van der Waals surface area contributed by atoms with Crippen LogP contribution in [0.1, 0.15) is 17.5 Å². The van der Waals surface area contributed by atoms with Crippen molar-refractivity contribution in [1.82, 2.24) is 14.3 Å². The van der Waals surface area contributed by atoms with Gasteiger partial charge in [-0.2, -0.15) is 0 Å². The largest absolute Gasteiger partial charge is 0.347 e. The number of hydrogen-bond acceptors (Lipinski definition) is 3. The molecule has 2 aromatic carbocycles. The minimum absolute atomic E-state index is 0.217. The summed E-state index contributed by atoms with van der Waals surface area (Å²) in [5.41, 5.74) is 3.54. The molecule has 7 heteroatoms. The zero-order valence-electron chi connectivity index (χ0n) is 17.0. The van der Waals surface area contributed by atoms with Crippen molar-refractivity contribution in [2.75, 3.05) is 6.54 Å². The quantitative estimate of drug-likeness (QED) is 0.394. The van der Waals surface area contributed by atoms with Crippen LogP contribution in [-0.2, 0) is 29.4 Å². The molecule has 0 radical (unpaired) electrons. The smallest absolute Gasteiger partial charge is 0.240 e. The second kappa shape index (κ2) is 9.64. The molecule has 0 aliphatic rings. The van der Waals surface area contributed by atoms with Gasteiger partial charge in [0.05, 0.1) is 4.90 Å². The van der Waals surface area contributed by atoms with Crippen molar-refractivity contribution >= 4 is 32.5 Å². The molecule has 0 unspecified atom stereocenters. The molecule has 0 amide bonds. The molecule has 4 aromatic rings. The predicted molar refractivity (Wildman–Crippen MR) is 125 cm³/mol. The van der Waals surface area contributed by atoms with Crippen LogP contribution in [0, 0.1) is 0 Å². The van der Waals surface area contributed by atoms with Crippen molar-refractivity contribution in [2.24, 2.45) is 0 Å². The lowest BCUT2D eigenvalue weighted by Crippen LogP contribution is -2.25. The average Bonchev–Trinajstić information content (AvgIpc) is 3.12. The van der Waals surface area contributed by atoms with Crippen LogP contribution >= 0.6 is 11.6 Å². The van der Waals surface area contributed by atoms with Gasteiger partial charge in [0.15, 0.2) is 0 Å². The van der Waals surface area contributed by atoms with Gasteiger partial charge >= 0.3 is 0 Å². The fourth-order valence-corrected chi connectivity index (χ4v) is 4.88. The van der Waals surface area contributed by atoms with Crippen molar-refractivity contribution in [2.45, 2.75) is 30.7 Å². The maximum absolute atomic E-state index is 12.5. The van der Waals surface area contributed by atoms with Crippen LogP contribution < -0.4 is 4.72 Å². The molecular formula is C24H24ClN3O2S. The molecule has 0 atom stereocenters. The molecule has 0 saturated carbocycles. The molecule has 0 saturated heterocycles. The molecule has 0 aliphatic heterocycles. The maximum atomic E-state index is 12.5. The number of para-hydroxylation sites is 1. The minimum atomic E-state index is -3.56. The Morgan fingerprint density at radius 3 is 2.55 bits per heavy atom. The first-order chi connectivity index (χ1) is 15.0. The SMILES string of the molecule is O=S(=O)(NCCc1cn(CCCc2cccnc2)c2ccccc12)c1ccc(Cl)cc1. The number of sulfonamides is 1. The molecule has 0 aliphatic carbocycles. The lowest BCUT2D eigenvalue weighted by atomic mass is 10.1. The third-order valence-electron chi connectivity index (χ3n) is 5.27. The molecule has 2 heterocycles. The van der Waals surface area contributed by atoms with E-state index in [4.69, 9.17) is 11.6 Å². The summed E-state index contributed by atoms with van der Waals surface area (Å²) in [6.07, 6.45) is 8.43. The van der Waals surface area contributed by atoms with E-state index in [9.17, 15) is 8.42 Å². The molecule has 1 N–H and O–H groups in total. The molecule has 4 rings (SSSR count). The monoisotopic (exact) mass is 453 g/mol. The van der Waals surface area contributed by atoms with E-state index in [0.29, 0.717) is 18.0 Å². The number of nitrogens with one attached hydrogen (secondary N) is 1. The molecule has 5 nitrogen and oxygen atoms in total. The summed E-state index contributed by atoms with van der Waals surface area (Å²) in [7, 11) is -3.56. The average molecular weight is 454 g/mol. The third-order valence-corrected chi connectivity index (χ3v) is 7.00. The van der Waals surface area contributed by atoms with Gasteiger partial charge in [-0.3, -0.25) is 4.98 Å². The third kappa shape index (κ3) is 5.34. The summed E-state index contributed by atoms with van der Waals surface area (Å²) in [6.45, 7) is 1.22. The Kier molecular flexibility index (Phi) is 6.70. The van der Waals surface area contributed by atoms with E-state index in [0.717, 1.165) is 30.3 Å². The molecule has 0 bridgehead atoms. The van der Waals surface area contributed by atoms with Gasteiger partial charge in [0.25, 0.3) is 0 Å². The van der Waals surface area contributed by atoms with Gasteiger partial charge < -0.3 is 4.57 Å². The Morgan fingerprint density at radius 1 is 0.968 bits per heavy atom. The van der Waals surface area contributed by atoms with Gasteiger partial charge in [-0.15, -0.1) is 0 Å². The van der Waals surface area contributed by atoms with E-state index in [2.05, 4.69) is 38.7 Å². The van der Waals surface area contributed by atoms with Crippen LogP contribution in [0.25, 0.3) is 10.9 Å². The van der Waals surface area contributed by atoms with E-state index in [1.165, 1.54) is 23.2 Å². The second-order valence-corrected chi connectivity index (χ2v) is 9.63. The highest BCUT2D eigenvalue weighted by Crippen LogP contribution is 2.22. The number of hydrogen-bond donors (Lipinski definition) is 1. The number of aryl methyl sites for hydroxylation is 2. The molecule has 2 aromatic heterocycles. The highest BCUT2D eigenvalue weighted by Gasteiger charge is 2.14. The van der Waals surface area contributed by atoms with Crippen LogP contribution in [0.2, 0.25) is 5.02 Å². The molecule has 0 spiro atoms. The van der Waals surface area contributed by atoms with Crippen molar-refractivity contribution < 1.29 is 8.42 Å². The Hall–Kier alpha value is -2.67. The molecule has 0 fully saturated rings. The van der Waals surface area contributed by atoms with Gasteiger partial charge in [0.2, 0.25) is 10.0 Å². The summed E-state index contributed by atoms with van der Waals surface area (Å²) in [5, 5.41) is 1.67. The van der Waals surface area contributed by atoms with E-state index in [1.54, 1.807) is 18.3 Å². The maximum Gasteiger partial charge on any atom is 0.240 e. The predicted octanol–water partition coefficient (Wildman–Crippen LogP) is 4.84. The summed E-state index contributed by atoms with van der Waals surface area (Å²) in [5.74, 6) is 0. The zero-order chi connectivity index (χ0) is 21.7. The van der Waals surface area contributed by atoms with Crippen LogP contribution in [0.3, 0.4) is 0 Å². The number of pyridine rings is 1. The molecule has 31 heavy (non-hydrogen) atoms. The summed E-state index contributed by atoms with van der Waals surface area (Å²) in [6, 6.07) is 18.5. The van der Waals surface area contributed by atoms with E-state index in [-0.39, 0.29) is 4.90 Å². The fourth-order valence-electron chi connectivity index (χ4n) is 3.72. The van der Waals surface area contributed by atoms with Crippen LogP contribution in [0.4, 0.5) is 0 Å². The highest BCUT2D eigenvalue weighted by molar-refractivity contribution is 7.89. The number of benzene rings is 2. The normalized spacial score (nSPS) is 11.8. The Balaban J connectivity index is 1.42. The Bertz CT molecular complexity index is 1250. The number of nitrogens with zero attached hydrogens (tertiary/aromatic N) is 2. The van der Waals surface area contributed by atoms with Crippen molar-refractivity contribution in [3.05, 3.63) is 95.4 Å². The Labute approximate surface area is 187 Å². The van der Waals surface area contributed by atoms with Crippen molar-refractivity contribution in [3.8, 4) is 0 Å². The molecular weight excluding hydrogens is 430 g/mol. The van der Waals surface area contributed by atoms with Gasteiger partial charge in [0.1, 0.15) is 0 Å². The molecule has 160 valence electrons. The topological polar surface area (TPSA) is 64.0 Å². The van der Waals surface area contributed by atoms with Gasteiger partial charge in [-0.05, 0) is 66.8 Å². The van der Waals surface area contributed by atoms with Crippen molar-refractivity contribution in [3.63, 3.8) is 0 Å². The second-order valence-electron chi connectivity index (χ2n) is 7.43. The lowest BCUT2D eigenvalue weighted by molar-refractivity contribution is 0.581.